The molecule has 1 amide bonds. The third-order valence-corrected chi connectivity index (χ3v) is 5.92. The minimum atomic E-state index is -3.54. The molecule has 1 heterocycles. The van der Waals surface area contributed by atoms with Crippen LogP contribution in [0, 0.1) is 0 Å². The van der Waals surface area contributed by atoms with E-state index in [2.05, 4.69) is 5.32 Å². The van der Waals surface area contributed by atoms with Gasteiger partial charge in [0.25, 0.3) is 5.91 Å². The van der Waals surface area contributed by atoms with Crippen molar-refractivity contribution in [1.82, 2.24) is 0 Å². The largest absolute Gasteiger partial charge is 0.492 e. The van der Waals surface area contributed by atoms with Crippen LogP contribution in [0.25, 0.3) is 0 Å². The molecule has 1 aliphatic heterocycles. The molecule has 2 aromatic carbocycles. The number of sulfonamides is 1. The monoisotopic (exact) mass is 390 g/mol. The van der Waals surface area contributed by atoms with Crippen molar-refractivity contribution in [3.63, 3.8) is 0 Å². The van der Waals surface area contributed by atoms with Gasteiger partial charge in [0.15, 0.2) is 6.10 Å². The molecular formula is C19H22N2O5S. The highest BCUT2D eigenvalue weighted by molar-refractivity contribution is 7.92. The lowest BCUT2D eigenvalue weighted by atomic mass is 10.2. The second-order valence-corrected chi connectivity index (χ2v) is 8.11. The normalized spacial score (nSPS) is 16.2. The van der Waals surface area contributed by atoms with Gasteiger partial charge in [0.1, 0.15) is 11.5 Å². The standard InChI is InChI=1S/C19H22N2O5S/c1-3-25-16-11-7-5-9-14(16)20-19(22)18-13-21(27(23,24)4-2)15-10-6-8-12-17(15)26-18/h5-12,18H,3-4,13H2,1-2H3,(H,20,22)/t18-/m1/s1. The van der Waals surface area contributed by atoms with Gasteiger partial charge in [-0.25, -0.2) is 8.42 Å². The number of anilines is 2. The number of fused-ring (bicyclic) bond motifs is 1. The van der Waals surface area contributed by atoms with E-state index < -0.39 is 22.0 Å². The van der Waals surface area contributed by atoms with Crippen molar-refractivity contribution in [3.8, 4) is 11.5 Å². The lowest BCUT2D eigenvalue weighted by Crippen LogP contribution is -2.49. The van der Waals surface area contributed by atoms with Gasteiger partial charge in [-0.15, -0.1) is 0 Å². The van der Waals surface area contributed by atoms with Crippen LogP contribution >= 0.6 is 0 Å². The van der Waals surface area contributed by atoms with Gasteiger partial charge in [-0.3, -0.25) is 9.10 Å². The molecular weight excluding hydrogens is 368 g/mol. The Morgan fingerprint density at radius 3 is 2.63 bits per heavy atom. The highest BCUT2D eigenvalue weighted by Crippen LogP contribution is 2.35. The summed E-state index contributed by atoms with van der Waals surface area (Å²) in [6, 6.07) is 13.9. The fraction of sp³-hybridized carbons (Fsp3) is 0.316. The molecule has 0 bridgehead atoms. The summed E-state index contributed by atoms with van der Waals surface area (Å²) in [5.41, 5.74) is 0.954. The van der Waals surface area contributed by atoms with Gasteiger partial charge >= 0.3 is 0 Å². The van der Waals surface area contributed by atoms with Crippen LogP contribution in [0.5, 0.6) is 11.5 Å². The SMILES string of the molecule is CCOc1ccccc1NC(=O)[C@H]1CN(S(=O)(=O)CC)c2ccccc2O1. The van der Waals surface area contributed by atoms with Crippen molar-refractivity contribution in [1.29, 1.82) is 0 Å². The van der Waals surface area contributed by atoms with Crippen LogP contribution in [0.1, 0.15) is 13.8 Å². The zero-order valence-corrected chi connectivity index (χ0v) is 16.0. The predicted octanol–water partition coefficient (Wildman–Crippen LogP) is 2.64. The van der Waals surface area contributed by atoms with E-state index in [9.17, 15) is 13.2 Å². The minimum absolute atomic E-state index is 0.0666. The van der Waals surface area contributed by atoms with Crippen molar-refractivity contribution in [2.24, 2.45) is 0 Å². The van der Waals surface area contributed by atoms with Gasteiger partial charge in [0, 0.05) is 0 Å². The van der Waals surface area contributed by atoms with Gasteiger partial charge in [-0.2, -0.15) is 0 Å². The number of carbonyl (C=O) groups is 1. The zero-order valence-electron chi connectivity index (χ0n) is 15.2. The molecule has 2 aromatic rings. The first-order valence-electron chi connectivity index (χ1n) is 8.75. The van der Waals surface area contributed by atoms with E-state index in [1.54, 1.807) is 49.4 Å². The van der Waals surface area contributed by atoms with E-state index in [-0.39, 0.29) is 12.3 Å². The molecule has 27 heavy (non-hydrogen) atoms. The Kier molecular flexibility index (Phi) is 5.55. The van der Waals surface area contributed by atoms with Gasteiger partial charge in [0.2, 0.25) is 10.0 Å². The van der Waals surface area contributed by atoms with Crippen LogP contribution in [0.2, 0.25) is 0 Å². The Morgan fingerprint density at radius 1 is 1.19 bits per heavy atom. The molecule has 7 nitrogen and oxygen atoms in total. The summed E-state index contributed by atoms with van der Waals surface area (Å²) >= 11 is 0. The second-order valence-electron chi connectivity index (χ2n) is 5.92. The third-order valence-electron chi connectivity index (χ3n) is 4.17. The molecule has 144 valence electrons. The fourth-order valence-corrected chi connectivity index (χ4v) is 3.95. The second kappa shape index (κ2) is 7.87. The number of para-hydroxylation sites is 4. The number of benzene rings is 2. The van der Waals surface area contributed by atoms with Crippen LogP contribution in [-0.4, -0.2) is 39.3 Å². The topological polar surface area (TPSA) is 84.9 Å². The molecule has 0 aromatic heterocycles. The molecule has 0 unspecified atom stereocenters. The van der Waals surface area contributed by atoms with Crippen LogP contribution in [0.3, 0.4) is 0 Å². The number of nitrogens with one attached hydrogen (secondary N) is 1. The molecule has 0 fully saturated rings. The van der Waals surface area contributed by atoms with Crippen LogP contribution in [0.4, 0.5) is 11.4 Å². The highest BCUT2D eigenvalue weighted by atomic mass is 32.2. The Balaban J connectivity index is 1.87. The van der Waals surface area contributed by atoms with Crippen molar-refractivity contribution in [2.45, 2.75) is 20.0 Å². The maximum Gasteiger partial charge on any atom is 0.267 e. The van der Waals surface area contributed by atoms with Crippen LogP contribution < -0.4 is 19.1 Å². The molecule has 1 N–H and O–H groups in total. The van der Waals surface area contributed by atoms with Gasteiger partial charge in [-0.1, -0.05) is 24.3 Å². The average Bonchev–Trinajstić information content (AvgIpc) is 2.68. The number of ether oxygens (including phenoxy) is 2. The first kappa shape index (κ1) is 19.0. The molecule has 3 rings (SSSR count). The van der Waals surface area contributed by atoms with E-state index in [1.165, 1.54) is 4.31 Å². The maximum atomic E-state index is 12.8. The van der Waals surface area contributed by atoms with E-state index in [0.717, 1.165) is 0 Å². The summed E-state index contributed by atoms with van der Waals surface area (Å²) in [5, 5.41) is 2.78. The molecule has 0 saturated carbocycles. The lowest BCUT2D eigenvalue weighted by Gasteiger charge is -2.34. The molecule has 8 heteroatoms. The number of amides is 1. The van der Waals surface area contributed by atoms with Crippen molar-refractivity contribution in [2.75, 3.05) is 28.5 Å². The van der Waals surface area contributed by atoms with Crippen molar-refractivity contribution in [3.05, 3.63) is 48.5 Å². The summed E-state index contributed by atoms with van der Waals surface area (Å²) in [6.45, 7) is 3.80. The number of rotatable bonds is 6. The lowest BCUT2D eigenvalue weighted by molar-refractivity contribution is -0.122. The predicted molar refractivity (Wildman–Crippen MR) is 104 cm³/mol. The van der Waals surface area contributed by atoms with Gasteiger partial charge < -0.3 is 14.8 Å². The average molecular weight is 390 g/mol. The minimum Gasteiger partial charge on any atom is -0.492 e. The van der Waals surface area contributed by atoms with Gasteiger partial charge in [0.05, 0.1) is 30.3 Å². The number of hydrogen-bond acceptors (Lipinski definition) is 5. The summed E-state index contributed by atoms with van der Waals surface area (Å²) in [6.07, 6.45) is -0.976. The molecule has 1 aliphatic rings. The third kappa shape index (κ3) is 4.00. The number of carbonyl (C=O) groups excluding carboxylic acids is 1. The first-order chi connectivity index (χ1) is 13.0. The summed E-state index contributed by atoms with van der Waals surface area (Å²) in [5.74, 6) is 0.401. The zero-order chi connectivity index (χ0) is 19.4. The highest BCUT2D eigenvalue weighted by Gasteiger charge is 2.36. The Morgan fingerprint density at radius 2 is 1.89 bits per heavy atom. The first-order valence-corrected chi connectivity index (χ1v) is 10.4. The molecule has 0 aliphatic carbocycles. The van der Waals surface area contributed by atoms with E-state index >= 15 is 0 Å². The van der Waals surface area contributed by atoms with Crippen LogP contribution in [0.15, 0.2) is 48.5 Å². The Labute approximate surface area is 158 Å². The fourth-order valence-electron chi connectivity index (χ4n) is 2.82. The van der Waals surface area contributed by atoms with Crippen molar-refractivity contribution < 1.29 is 22.7 Å². The molecule has 0 saturated heterocycles. The molecule has 0 radical (unpaired) electrons. The number of nitrogens with zero attached hydrogens (tertiary/aromatic N) is 1. The summed E-state index contributed by atoms with van der Waals surface area (Å²) in [4.78, 5) is 12.8. The Bertz CT molecular complexity index is 929. The van der Waals surface area contributed by atoms with E-state index in [1.807, 2.05) is 13.0 Å². The van der Waals surface area contributed by atoms with Crippen molar-refractivity contribution >= 4 is 27.3 Å². The number of hydrogen-bond donors (Lipinski definition) is 1. The van der Waals surface area contributed by atoms with E-state index in [4.69, 9.17) is 9.47 Å². The summed E-state index contributed by atoms with van der Waals surface area (Å²) in [7, 11) is -3.54. The van der Waals surface area contributed by atoms with E-state index in [0.29, 0.717) is 29.5 Å². The molecule has 1 atom stereocenters. The smallest absolute Gasteiger partial charge is 0.267 e. The van der Waals surface area contributed by atoms with Crippen LogP contribution in [-0.2, 0) is 14.8 Å². The summed E-state index contributed by atoms with van der Waals surface area (Å²) < 4.78 is 37.5. The van der Waals surface area contributed by atoms with Gasteiger partial charge in [-0.05, 0) is 38.1 Å². The Hall–Kier alpha value is -2.74. The molecule has 0 spiro atoms. The maximum absolute atomic E-state index is 12.8. The quantitative estimate of drug-likeness (QED) is 0.820.